The highest BCUT2D eigenvalue weighted by atomic mass is 35.5. The lowest BCUT2D eigenvalue weighted by molar-refractivity contribution is 0.790. The third-order valence-corrected chi connectivity index (χ3v) is 3.24. The highest BCUT2D eigenvalue weighted by Gasteiger charge is 2.07. The highest BCUT2D eigenvalue weighted by molar-refractivity contribution is 7.13. The molecular formula is C11H11ClN2S. The first-order valence-electron chi connectivity index (χ1n) is 4.64. The maximum absolute atomic E-state index is 5.82. The lowest BCUT2D eigenvalue weighted by Gasteiger charge is -1.98. The Hall–Kier alpha value is -0.900. The fraction of sp³-hybridized carbons (Fsp3) is 0.182. The molecule has 1 atom stereocenters. The molecule has 4 heteroatoms. The zero-order valence-electron chi connectivity index (χ0n) is 8.27. The van der Waals surface area contributed by atoms with E-state index in [-0.39, 0.29) is 6.04 Å². The summed E-state index contributed by atoms with van der Waals surface area (Å²) >= 11 is 7.42. The Morgan fingerprint density at radius 2 is 2.00 bits per heavy atom. The molecule has 2 aromatic rings. The van der Waals surface area contributed by atoms with Crippen molar-refractivity contribution in [3.63, 3.8) is 0 Å². The molecule has 2 N–H and O–H groups in total. The van der Waals surface area contributed by atoms with Gasteiger partial charge < -0.3 is 5.73 Å². The lowest BCUT2D eigenvalue weighted by atomic mass is 10.2. The molecule has 0 aliphatic rings. The molecule has 0 aliphatic heterocycles. The van der Waals surface area contributed by atoms with Crippen LogP contribution in [0.5, 0.6) is 0 Å². The van der Waals surface area contributed by atoms with Gasteiger partial charge in [-0.25, -0.2) is 4.98 Å². The molecule has 0 saturated heterocycles. The second-order valence-corrected chi connectivity index (χ2v) is 4.67. The van der Waals surface area contributed by atoms with Gasteiger partial charge in [0.25, 0.3) is 0 Å². The van der Waals surface area contributed by atoms with Crippen molar-refractivity contribution in [1.82, 2.24) is 4.98 Å². The predicted molar refractivity (Wildman–Crippen MR) is 65.2 cm³/mol. The average molecular weight is 239 g/mol. The number of aromatic nitrogens is 1. The predicted octanol–water partition coefficient (Wildman–Crippen LogP) is 3.48. The van der Waals surface area contributed by atoms with E-state index in [1.165, 1.54) is 0 Å². The van der Waals surface area contributed by atoms with Crippen LogP contribution >= 0.6 is 22.9 Å². The van der Waals surface area contributed by atoms with Crippen molar-refractivity contribution in [2.75, 3.05) is 0 Å². The second kappa shape index (κ2) is 4.31. The summed E-state index contributed by atoms with van der Waals surface area (Å²) in [6, 6.07) is 7.65. The topological polar surface area (TPSA) is 38.9 Å². The van der Waals surface area contributed by atoms with Crippen LogP contribution in [0.2, 0.25) is 5.02 Å². The van der Waals surface area contributed by atoms with Gasteiger partial charge in [-0.05, 0) is 19.1 Å². The van der Waals surface area contributed by atoms with Gasteiger partial charge in [0.15, 0.2) is 0 Å². The van der Waals surface area contributed by atoms with Crippen molar-refractivity contribution < 1.29 is 0 Å². The summed E-state index contributed by atoms with van der Waals surface area (Å²) in [7, 11) is 0. The first kappa shape index (κ1) is 10.6. The van der Waals surface area contributed by atoms with Crippen molar-refractivity contribution in [1.29, 1.82) is 0 Å². The van der Waals surface area contributed by atoms with Gasteiger partial charge in [-0.3, -0.25) is 0 Å². The summed E-state index contributed by atoms with van der Waals surface area (Å²) in [6.07, 6.45) is 0. The minimum absolute atomic E-state index is 0.0118. The van der Waals surface area contributed by atoms with Crippen LogP contribution in [0.4, 0.5) is 0 Å². The van der Waals surface area contributed by atoms with E-state index >= 15 is 0 Å². The Labute approximate surface area is 97.7 Å². The normalized spacial score (nSPS) is 12.7. The minimum atomic E-state index is -0.0118. The van der Waals surface area contributed by atoms with Gasteiger partial charge in [0.2, 0.25) is 0 Å². The van der Waals surface area contributed by atoms with Gasteiger partial charge in [-0.15, -0.1) is 11.3 Å². The molecule has 0 fully saturated rings. The Morgan fingerprint density at radius 1 is 1.33 bits per heavy atom. The van der Waals surface area contributed by atoms with Crippen molar-refractivity contribution in [2.24, 2.45) is 5.73 Å². The summed E-state index contributed by atoms with van der Waals surface area (Å²) in [5, 5.41) is 3.72. The molecule has 0 bridgehead atoms. The number of nitrogens with zero attached hydrogens (tertiary/aromatic N) is 1. The second-order valence-electron chi connectivity index (χ2n) is 3.37. The van der Waals surface area contributed by atoms with Crippen molar-refractivity contribution in [3.05, 3.63) is 40.4 Å². The van der Waals surface area contributed by atoms with Gasteiger partial charge in [-0.1, -0.05) is 23.7 Å². The Balaban J connectivity index is 2.33. The van der Waals surface area contributed by atoms with Crippen LogP contribution < -0.4 is 5.73 Å². The number of hydrogen-bond donors (Lipinski definition) is 1. The smallest absolute Gasteiger partial charge is 0.123 e. The van der Waals surface area contributed by atoms with E-state index in [0.29, 0.717) is 0 Å². The number of rotatable bonds is 2. The van der Waals surface area contributed by atoms with E-state index in [0.717, 1.165) is 21.3 Å². The average Bonchev–Trinajstić information content (AvgIpc) is 2.68. The van der Waals surface area contributed by atoms with Gasteiger partial charge in [-0.2, -0.15) is 0 Å². The van der Waals surface area contributed by atoms with Crippen LogP contribution in [0, 0.1) is 0 Å². The summed E-state index contributed by atoms with van der Waals surface area (Å²) < 4.78 is 0. The van der Waals surface area contributed by atoms with E-state index in [9.17, 15) is 0 Å². The van der Waals surface area contributed by atoms with Crippen LogP contribution in [0.25, 0.3) is 10.6 Å². The van der Waals surface area contributed by atoms with E-state index < -0.39 is 0 Å². The molecule has 0 unspecified atom stereocenters. The molecule has 0 amide bonds. The molecule has 78 valence electrons. The number of halogens is 1. The zero-order valence-corrected chi connectivity index (χ0v) is 9.85. The summed E-state index contributed by atoms with van der Waals surface area (Å²) in [4.78, 5) is 4.46. The van der Waals surface area contributed by atoms with Crippen LogP contribution in [0.15, 0.2) is 29.6 Å². The van der Waals surface area contributed by atoms with Gasteiger partial charge in [0.05, 0.1) is 5.69 Å². The SMILES string of the molecule is C[C@H](N)c1csc(-c2ccc(Cl)cc2)n1. The molecule has 1 heterocycles. The molecular weight excluding hydrogens is 228 g/mol. The van der Waals surface area contributed by atoms with Crippen LogP contribution in [-0.4, -0.2) is 4.98 Å². The zero-order chi connectivity index (χ0) is 10.8. The molecule has 0 saturated carbocycles. The van der Waals surface area contributed by atoms with E-state index in [1.54, 1.807) is 11.3 Å². The number of hydrogen-bond acceptors (Lipinski definition) is 3. The molecule has 2 nitrogen and oxygen atoms in total. The van der Waals surface area contributed by atoms with E-state index in [2.05, 4.69) is 4.98 Å². The first-order valence-corrected chi connectivity index (χ1v) is 5.89. The maximum atomic E-state index is 5.82. The largest absolute Gasteiger partial charge is 0.323 e. The standard InChI is InChI=1S/C11H11ClN2S/c1-7(13)10-6-15-11(14-10)8-2-4-9(12)5-3-8/h2-7H,13H2,1H3/t7-/m0/s1. The molecule has 0 radical (unpaired) electrons. The number of benzene rings is 1. The maximum Gasteiger partial charge on any atom is 0.123 e. The third-order valence-electron chi connectivity index (χ3n) is 2.08. The van der Waals surface area contributed by atoms with E-state index in [1.807, 2.05) is 36.6 Å². The van der Waals surface area contributed by atoms with Gasteiger partial charge in [0.1, 0.15) is 5.01 Å². The molecule has 1 aromatic heterocycles. The summed E-state index contributed by atoms with van der Waals surface area (Å²) in [5.41, 5.74) is 7.77. The third kappa shape index (κ3) is 2.37. The van der Waals surface area contributed by atoms with Crippen molar-refractivity contribution >= 4 is 22.9 Å². The molecule has 0 aliphatic carbocycles. The van der Waals surface area contributed by atoms with Crippen LogP contribution in [0.1, 0.15) is 18.7 Å². The van der Waals surface area contributed by atoms with Crippen LogP contribution in [0.3, 0.4) is 0 Å². The number of nitrogens with two attached hydrogens (primary N) is 1. The Kier molecular flexibility index (Phi) is 3.05. The quantitative estimate of drug-likeness (QED) is 0.870. The Bertz CT molecular complexity index is 448. The first-order chi connectivity index (χ1) is 7.16. The Morgan fingerprint density at radius 3 is 2.53 bits per heavy atom. The van der Waals surface area contributed by atoms with Gasteiger partial charge >= 0.3 is 0 Å². The monoisotopic (exact) mass is 238 g/mol. The van der Waals surface area contributed by atoms with Crippen LogP contribution in [-0.2, 0) is 0 Å². The number of thiazole rings is 1. The van der Waals surface area contributed by atoms with Crippen molar-refractivity contribution in [3.8, 4) is 10.6 Å². The van der Waals surface area contributed by atoms with Gasteiger partial charge in [0, 0.05) is 22.0 Å². The van der Waals surface area contributed by atoms with Crippen molar-refractivity contribution in [2.45, 2.75) is 13.0 Å². The lowest BCUT2D eigenvalue weighted by Crippen LogP contribution is -2.04. The molecule has 15 heavy (non-hydrogen) atoms. The molecule has 1 aromatic carbocycles. The molecule has 0 spiro atoms. The van der Waals surface area contributed by atoms with E-state index in [4.69, 9.17) is 17.3 Å². The fourth-order valence-electron chi connectivity index (χ4n) is 1.22. The minimum Gasteiger partial charge on any atom is -0.323 e. The molecule has 2 rings (SSSR count). The summed E-state index contributed by atoms with van der Waals surface area (Å²) in [5.74, 6) is 0. The highest BCUT2D eigenvalue weighted by Crippen LogP contribution is 2.26. The fourth-order valence-corrected chi connectivity index (χ4v) is 2.28. The summed E-state index contributed by atoms with van der Waals surface area (Å²) in [6.45, 7) is 1.93.